The number of ether oxygens (including phenoxy) is 1. The summed E-state index contributed by atoms with van der Waals surface area (Å²) in [6.45, 7) is 0.814. The monoisotopic (exact) mass is 518 g/mol. The molecule has 0 aliphatic carbocycles. The molecule has 1 saturated heterocycles. The topological polar surface area (TPSA) is 91.7 Å². The van der Waals surface area contributed by atoms with Crippen LogP contribution in [0.2, 0.25) is 0 Å². The number of nitrogens with zero attached hydrogens (tertiary/aromatic N) is 1. The van der Waals surface area contributed by atoms with E-state index in [-0.39, 0.29) is 29.9 Å². The van der Waals surface area contributed by atoms with Gasteiger partial charge in [0.25, 0.3) is 0 Å². The van der Waals surface area contributed by atoms with Crippen LogP contribution in [0, 0.1) is 17.7 Å². The van der Waals surface area contributed by atoms with Gasteiger partial charge in [-0.05, 0) is 73.7 Å². The fraction of sp³-hybridized carbons (Fsp3) is 0.462. The van der Waals surface area contributed by atoms with Crippen molar-refractivity contribution in [2.75, 3.05) is 19.4 Å². The first kappa shape index (κ1) is 25.9. The molecule has 4 rings (SSSR count). The van der Waals surface area contributed by atoms with E-state index >= 15 is 0 Å². The molecule has 0 spiro atoms. The maximum atomic E-state index is 14.8. The first-order valence-corrected chi connectivity index (χ1v) is 13.7. The van der Waals surface area contributed by atoms with Crippen molar-refractivity contribution in [3.63, 3.8) is 0 Å². The summed E-state index contributed by atoms with van der Waals surface area (Å²) in [6, 6.07) is 9.44. The van der Waals surface area contributed by atoms with Gasteiger partial charge in [0.15, 0.2) is 0 Å². The standard InChI is InChI=1S/C26H31FN2O4S2/c1-33-17-5-6-21-19(13-17)26(20(27)15-29-21)23(30)7-4-16-8-10-28-22(18(16)14-24(31)32)9-12-35-25-3-2-11-34-25/h2-3,5-6,11,13,15-16,18,22-23,28,30H,4,7-10,12,14H2,1H3,(H,31,32). The van der Waals surface area contributed by atoms with Gasteiger partial charge in [0.05, 0.1) is 29.1 Å². The number of carboxylic acid groups (broad SMARTS) is 1. The molecular weight excluding hydrogens is 487 g/mol. The second-order valence-electron chi connectivity index (χ2n) is 8.94. The number of hydrogen-bond acceptors (Lipinski definition) is 7. The van der Waals surface area contributed by atoms with Gasteiger partial charge in [0.2, 0.25) is 0 Å². The zero-order valence-electron chi connectivity index (χ0n) is 19.7. The highest BCUT2D eigenvalue weighted by Crippen LogP contribution is 2.37. The van der Waals surface area contributed by atoms with Crippen molar-refractivity contribution in [1.29, 1.82) is 0 Å². The number of benzene rings is 1. The molecule has 1 aliphatic rings. The number of carboxylic acids is 1. The fourth-order valence-corrected chi connectivity index (χ4v) is 7.00. The van der Waals surface area contributed by atoms with Gasteiger partial charge in [0.1, 0.15) is 11.6 Å². The lowest BCUT2D eigenvalue weighted by Crippen LogP contribution is -2.47. The summed E-state index contributed by atoms with van der Waals surface area (Å²) >= 11 is 3.51. The molecule has 1 fully saturated rings. The fourth-order valence-electron chi connectivity index (χ4n) is 5.12. The van der Waals surface area contributed by atoms with Crippen molar-refractivity contribution in [3.8, 4) is 5.75 Å². The molecule has 0 saturated carbocycles. The Bertz CT molecular complexity index is 1130. The van der Waals surface area contributed by atoms with Crippen molar-refractivity contribution < 1.29 is 24.1 Å². The minimum atomic E-state index is -1.01. The van der Waals surface area contributed by atoms with Gasteiger partial charge in [-0.15, -0.1) is 23.1 Å². The molecule has 6 nitrogen and oxygen atoms in total. The molecule has 0 bridgehead atoms. The molecule has 4 unspecified atom stereocenters. The summed E-state index contributed by atoms with van der Waals surface area (Å²) in [5.41, 5.74) is 0.816. The third-order valence-electron chi connectivity index (χ3n) is 6.83. The maximum absolute atomic E-state index is 14.8. The number of fused-ring (bicyclic) bond motifs is 1. The Morgan fingerprint density at radius 2 is 2.23 bits per heavy atom. The van der Waals surface area contributed by atoms with Crippen molar-refractivity contribution in [1.82, 2.24) is 10.3 Å². The van der Waals surface area contributed by atoms with Gasteiger partial charge in [0, 0.05) is 29.2 Å². The largest absolute Gasteiger partial charge is 0.497 e. The number of aliphatic hydroxyl groups excluding tert-OH is 1. The quantitative estimate of drug-likeness (QED) is 0.288. The predicted molar refractivity (Wildman–Crippen MR) is 138 cm³/mol. The third kappa shape index (κ3) is 6.52. The average molecular weight is 519 g/mol. The summed E-state index contributed by atoms with van der Waals surface area (Å²) < 4.78 is 21.3. The van der Waals surface area contributed by atoms with Crippen LogP contribution in [0.25, 0.3) is 10.9 Å². The molecule has 3 N–H and O–H groups in total. The first-order chi connectivity index (χ1) is 17.0. The van der Waals surface area contributed by atoms with E-state index in [2.05, 4.69) is 21.7 Å². The Morgan fingerprint density at radius 3 is 2.97 bits per heavy atom. The van der Waals surface area contributed by atoms with Crippen molar-refractivity contribution in [3.05, 3.63) is 53.3 Å². The van der Waals surface area contributed by atoms with E-state index in [0.29, 0.717) is 29.5 Å². The molecule has 2 aromatic heterocycles. The number of aromatic nitrogens is 1. The highest BCUT2D eigenvalue weighted by Gasteiger charge is 2.34. The van der Waals surface area contributed by atoms with E-state index in [1.54, 1.807) is 48.4 Å². The number of nitrogens with one attached hydrogen (secondary N) is 1. The summed E-state index contributed by atoms with van der Waals surface area (Å²) in [4.78, 5) is 15.8. The van der Waals surface area contributed by atoms with E-state index in [1.807, 2.05) is 6.07 Å². The highest BCUT2D eigenvalue weighted by molar-refractivity contribution is 8.01. The number of hydrogen-bond donors (Lipinski definition) is 3. The lowest BCUT2D eigenvalue weighted by atomic mass is 9.75. The van der Waals surface area contributed by atoms with Gasteiger partial charge >= 0.3 is 5.97 Å². The van der Waals surface area contributed by atoms with Crippen LogP contribution < -0.4 is 10.1 Å². The molecule has 1 aromatic carbocycles. The molecular formula is C26H31FN2O4S2. The second-order valence-corrected chi connectivity index (χ2v) is 11.3. The Balaban J connectivity index is 1.45. The van der Waals surface area contributed by atoms with Crippen molar-refractivity contribution >= 4 is 40.0 Å². The normalized spacial score (nSPS) is 21.2. The summed E-state index contributed by atoms with van der Waals surface area (Å²) in [5.74, 6) is 0.245. The van der Waals surface area contributed by atoms with Crippen LogP contribution in [0.5, 0.6) is 5.75 Å². The van der Waals surface area contributed by atoms with Crippen LogP contribution in [0.15, 0.2) is 46.1 Å². The van der Waals surface area contributed by atoms with E-state index < -0.39 is 17.9 Å². The SMILES string of the molecule is COc1ccc2ncc(F)c(C(O)CCC3CCNC(CCSc4cccs4)C3CC(=O)O)c2c1. The van der Waals surface area contributed by atoms with E-state index in [0.717, 1.165) is 31.3 Å². The number of aliphatic carboxylic acids is 1. The molecule has 0 amide bonds. The molecule has 0 radical (unpaired) electrons. The van der Waals surface area contributed by atoms with Gasteiger partial charge in [-0.2, -0.15) is 0 Å². The van der Waals surface area contributed by atoms with E-state index in [1.165, 1.54) is 4.21 Å². The van der Waals surface area contributed by atoms with Gasteiger partial charge in [-0.3, -0.25) is 9.78 Å². The van der Waals surface area contributed by atoms with Gasteiger partial charge in [-0.25, -0.2) is 4.39 Å². The minimum absolute atomic E-state index is 0.0310. The van der Waals surface area contributed by atoms with E-state index in [9.17, 15) is 19.4 Å². The number of piperidine rings is 1. The molecule has 3 heterocycles. The Morgan fingerprint density at radius 1 is 1.37 bits per heavy atom. The summed E-state index contributed by atoms with van der Waals surface area (Å²) in [7, 11) is 1.54. The predicted octanol–water partition coefficient (Wildman–Crippen LogP) is 5.51. The molecule has 3 aromatic rings. The number of pyridine rings is 1. The maximum Gasteiger partial charge on any atom is 0.303 e. The average Bonchev–Trinajstić information content (AvgIpc) is 3.36. The van der Waals surface area contributed by atoms with Gasteiger partial charge < -0.3 is 20.3 Å². The highest BCUT2D eigenvalue weighted by atomic mass is 32.2. The number of thiophene rings is 1. The van der Waals surface area contributed by atoms with Crippen LogP contribution in [0.3, 0.4) is 0 Å². The minimum Gasteiger partial charge on any atom is -0.497 e. The van der Waals surface area contributed by atoms with Crippen LogP contribution in [-0.4, -0.2) is 46.6 Å². The third-order valence-corrected chi connectivity index (χ3v) is 9.00. The second kappa shape index (κ2) is 12.2. The molecule has 4 atom stereocenters. The first-order valence-electron chi connectivity index (χ1n) is 11.9. The summed E-state index contributed by atoms with van der Waals surface area (Å²) in [6.07, 6.45) is 2.92. The van der Waals surface area contributed by atoms with Crippen LogP contribution >= 0.6 is 23.1 Å². The van der Waals surface area contributed by atoms with Crippen molar-refractivity contribution in [2.45, 2.75) is 48.5 Å². The number of carbonyl (C=O) groups is 1. The zero-order valence-corrected chi connectivity index (χ0v) is 21.3. The Labute approximate surface area is 212 Å². The molecule has 188 valence electrons. The smallest absolute Gasteiger partial charge is 0.303 e. The number of methoxy groups -OCH3 is 1. The molecule has 1 aliphatic heterocycles. The van der Waals surface area contributed by atoms with Crippen molar-refractivity contribution in [2.24, 2.45) is 11.8 Å². The number of aliphatic hydroxyl groups is 1. The number of halogens is 1. The lowest BCUT2D eigenvalue weighted by molar-refractivity contribution is -0.139. The summed E-state index contributed by atoms with van der Waals surface area (Å²) in [5, 5.41) is 26.7. The van der Waals surface area contributed by atoms with Gasteiger partial charge in [-0.1, -0.05) is 6.07 Å². The van der Waals surface area contributed by atoms with Crippen LogP contribution in [-0.2, 0) is 4.79 Å². The Hall–Kier alpha value is -2.20. The molecule has 35 heavy (non-hydrogen) atoms. The zero-order chi connectivity index (χ0) is 24.8. The lowest BCUT2D eigenvalue weighted by Gasteiger charge is -2.39. The van der Waals surface area contributed by atoms with E-state index in [4.69, 9.17) is 4.74 Å². The number of rotatable bonds is 11. The Kier molecular flexibility index (Phi) is 8.99. The van der Waals surface area contributed by atoms with Crippen LogP contribution in [0.4, 0.5) is 4.39 Å². The molecule has 9 heteroatoms. The van der Waals surface area contributed by atoms with Crippen LogP contribution in [0.1, 0.15) is 43.8 Å². The number of thioether (sulfide) groups is 1.